The normalized spacial score (nSPS) is 11.9. The lowest BCUT2D eigenvalue weighted by molar-refractivity contribution is 0.610. The van der Waals surface area contributed by atoms with Crippen LogP contribution in [0.1, 0.15) is 0 Å². The molecular formula is C8H3Cl3N2O2S. The second-order valence-corrected chi connectivity index (χ2v) is 6.10. The van der Waals surface area contributed by atoms with Crippen molar-refractivity contribution in [1.82, 2.24) is 9.97 Å². The zero-order chi connectivity index (χ0) is 11.9. The molecule has 4 nitrogen and oxygen atoms in total. The van der Waals surface area contributed by atoms with Crippen LogP contribution < -0.4 is 0 Å². The van der Waals surface area contributed by atoms with Crippen molar-refractivity contribution in [3.05, 3.63) is 28.6 Å². The third-order valence-electron chi connectivity index (χ3n) is 1.88. The van der Waals surface area contributed by atoms with E-state index in [4.69, 9.17) is 33.9 Å². The maximum atomic E-state index is 11.3. The zero-order valence-corrected chi connectivity index (χ0v) is 10.6. The van der Waals surface area contributed by atoms with Crippen LogP contribution >= 0.6 is 33.9 Å². The van der Waals surface area contributed by atoms with E-state index in [9.17, 15) is 8.42 Å². The van der Waals surface area contributed by atoms with E-state index in [0.717, 1.165) is 0 Å². The van der Waals surface area contributed by atoms with Crippen molar-refractivity contribution in [2.45, 2.75) is 4.90 Å². The van der Waals surface area contributed by atoms with Gasteiger partial charge in [0.2, 0.25) is 5.28 Å². The van der Waals surface area contributed by atoms with Gasteiger partial charge >= 0.3 is 0 Å². The Morgan fingerprint density at radius 3 is 2.44 bits per heavy atom. The number of hydrogen-bond donors (Lipinski definition) is 0. The number of aromatic nitrogens is 2. The molecule has 0 saturated carbocycles. The molecule has 0 aliphatic rings. The van der Waals surface area contributed by atoms with E-state index < -0.39 is 9.05 Å². The largest absolute Gasteiger partial charge is 0.262 e. The fourth-order valence-corrected chi connectivity index (χ4v) is 2.91. The predicted molar refractivity (Wildman–Crippen MR) is 62.6 cm³/mol. The fraction of sp³-hybridized carbons (Fsp3) is 0. The highest BCUT2D eigenvalue weighted by molar-refractivity contribution is 8.14. The van der Waals surface area contributed by atoms with E-state index >= 15 is 0 Å². The molecule has 0 radical (unpaired) electrons. The van der Waals surface area contributed by atoms with Crippen LogP contribution in [-0.4, -0.2) is 18.4 Å². The molecular weight excluding hydrogens is 295 g/mol. The van der Waals surface area contributed by atoms with Gasteiger partial charge in [-0.3, -0.25) is 0 Å². The van der Waals surface area contributed by atoms with E-state index in [0.29, 0.717) is 5.52 Å². The molecule has 1 aromatic carbocycles. The lowest BCUT2D eigenvalue weighted by Gasteiger charge is -2.04. The SMILES string of the molecule is O=S(=O)(Cl)c1cccc2nc(Cl)nc(Cl)c12. The quantitative estimate of drug-likeness (QED) is 0.461. The molecule has 0 bridgehead atoms. The van der Waals surface area contributed by atoms with Gasteiger partial charge < -0.3 is 0 Å². The number of rotatable bonds is 1. The molecule has 8 heteroatoms. The summed E-state index contributed by atoms with van der Waals surface area (Å²) in [4.78, 5) is 7.40. The summed E-state index contributed by atoms with van der Waals surface area (Å²) >= 11 is 11.4. The summed E-state index contributed by atoms with van der Waals surface area (Å²) in [6.07, 6.45) is 0. The summed E-state index contributed by atoms with van der Waals surface area (Å²) in [6, 6.07) is 4.39. The molecule has 0 aliphatic heterocycles. The highest BCUT2D eigenvalue weighted by Gasteiger charge is 2.18. The maximum absolute atomic E-state index is 11.3. The van der Waals surface area contributed by atoms with Gasteiger partial charge in [0.15, 0.2) is 0 Å². The minimum absolute atomic E-state index is 0.0465. The van der Waals surface area contributed by atoms with Crippen LogP contribution in [-0.2, 0) is 9.05 Å². The van der Waals surface area contributed by atoms with Crippen LogP contribution in [0.2, 0.25) is 10.4 Å². The number of benzene rings is 1. The summed E-state index contributed by atoms with van der Waals surface area (Å²) in [5, 5.41) is 0.0695. The molecule has 0 atom stereocenters. The van der Waals surface area contributed by atoms with Crippen LogP contribution in [0.3, 0.4) is 0 Å². The first-order valence-electron chi connectivity index (χ1n) is 3.96. The van der Waals surface area contributed by atoms with Gasteiger partial charge in [0.25, 0.3) is 9.05 Å². The molecule has 2 aromatic rings. The smallest absolute Gasteiger partial charge is 0.218 e. The highest BCUT2D eigenvalue weighted by Crippen LogP contribution is 2.30. The lowest BCUT2D eigenvalue weighted by Crippen LogP contribution is -1.95. The number of fused-ring (bicyclic) bond motifs is 1. The van der Waals surface area contributed by atoms with E-state index in [2.05, 4.69) is 9.97 Å². The number of halogens is 3. The van der Waals surface area contributed by atoms with Crippen molar-refractivity contribution in [3.8, 4) is 0 Å². The van der Waals surface area contributed by atoms with Crippen LogP contribution in [0.4, 0.5) is 0 Å². The summed E-state index contributed by atoms with van der Waals surface area (Å²) in [7, 11) is 1.37. The van der Waals surface area contributed by atoms with Crippen molar-refractivity contribution in [3.63, 3.8) is 0 Å². The molecule has 0 N–H and O–H groups in total. The third-order valence-corrected chi connectivity index (χ3v) is 3.68. The Bertz CT molecular complexity index is 672. The van der Waals surface area contributed by atoms with Crippen molar-refractivity contribution in [2.24, 2.45) is 0 Å². The minimum Gasteiger partial charge on any atom is -0.218 e. The maximum Gasteiger partial charge on any atom is 0.262 e. The van der Waals surface area contributed by atoms with Gasteiger partial charge in [-0.15, -0.1) is 0 Å². The van der Waals surface area contributed by atoms with Crippen LogP contribution in [0.15, 0.2) is 23.1 Å². The summed E-state index contributed by atoms with van der Waals surface area (Å²) in [5.41, 5.74) is 0.326. The Morgan fingerprint density at radius 2 is 1.81 bits per heavy atom. The number of hydrogen-bond acceptors (Lipinski definition) is 4. The van der Waals surface area contributed by atoms with E-state index in [1.165, 1.54) is 12.1 Å². The molecule has 84 valence electrons. The third kappa shape index (κ3) is 2.08. The Balaban J connectivity index is 2.99. The Morgan fingerprint density at radius 1 is 1.12 bits per heavy atom. The average molecular weight is 298 g/mol. The summed E-state index contributed by atoms with van der Waals surface area (Å²) in [6.45, 7) is 0. The van der Waals surface area contributed by atoms with Gasteiger partial charge in [-0.25, -0.2) is 18.4 Å². The van der Waals surface area contributed by atoms with Crippen molar-refractivity contribution >= 4 is 53.8 Å². The fourth-order valence-electron chi connectivity index (χ4n) is 1.28. The van der Waals surface area contributed by atoms with Crippen molar-refractivity contribution in [2.75, 3.05) is 0 Å². The second kappa shape index (κ2) is 4.00. The monoisotopic (exact) mass is 296 g/mol. The molecule has 0 unspecified atom stereocenters. The lowest BCUT2D eigenvalue weighted by atomic mass is 10.2. The first kappa shape index (κ1) is 11.9. The predicted octanol–water partition coefficient (Wildman–Crippen LogP) is 2.86. The molecule has 0 aliphatic carbocycles. The Hall–Kier alpha value is -0.620. The summed E-state index contributed by atoms with van der Waals surface area (Å²) in [5.74, 6) is 0. The topological polar surface area (TPSA) is 59.9 Å². The summed E-state index contributed by atoms with van der Waals surface area (Å²) < 4.78 is 22.6. The first-order chi connectivity index (χ1) is 7.39. The number of nitrogens with zero attached hydrogens (tertiary/aromatic N) is 2. The molecule has 0 amide bonds. The standard InChI is InChI=1S/C8H3Cl3N2O2S/c9-7-6-4(12-8(10)13-7)2-1-3-5(6)16(11,14)15/h1-3H. The van der Waals surface area contributed by atoms with Gasteiger partial charge in [-0.2, -0.15) is 0 Å². The van der Waals surface area contributed by atoms with E-state index in [1.54, 1.807) is 6.07 Å². The first-order valence-corrected chi connectivity index (χ1v) is 7.02. The zero-order valence-electron chi connectivity index (χ0n) is 7.49. The van der Waals surface area contributed by atoms with E-state index in [1.807, 2.05) is 0 Å². The van der Waals surface area contributed by atoms with Gasteiger partial charge in [-0.1, -0.05) is 17.7 Å². The van der Waals surface area contributed by atoms with Gasteiger partial charge in [0.05, 0.1) is 15.8 Å². The van der Waals surface area contributed by atoms with Gasteiger partial charge in [0.1, 0.15) is 5.15 Å². The Kier molecular flexibility index (Phi) is 2.96. The molecule has 2 rings (SSSR count). The molecule has 1 heterocycles. The van der Waals surface area contributed by atoms with Gasteiger partial charge in [0, 0.05) is 10.7 Å². The Labute approximate surface area is 106 Å². The molecule has 0 spiro atoms. The minimum atomic E-state index is -3.90. The highest BCUT2D eigenvalue weighted by atomic mass is 35.7. The molecule has 0 fully saturated rings. The molecule has 0 saturated heterocycles. The van der Waals surface area contributed by atoms with Crippen molar-refractivity contribution < 1.29 is 8.42 Å². The average Bonchev–Trinajstić information content (AvgIpc) is 2.14. The van der Waals surface area contributed by atoms with E-state index in [-0.39, 0.29) is 20.7 Å². The second-order valence-electron chi connectivity index (χ2n) is 2.87. The van der Waals surface area contributed by atoms with Crippen LogP contribution in [0, 0.1) is 0 Å². The van der Waals surface area contributed by atoms with Crippen molar-refractivity contribution in [1.29, 1.82) is 0 Å². The molecule has 16 heavy (non-hydrogen) atoms. The van der Waals surface area contributed by atoms with Crippen LogP contribution in [0.25, 0.3) is 10.9 Å². The van der Waals surface area contributed by atoms with Crippen LogP contribution in [0.5, 0.6) is 0 Å². The molecule has 1 aromatic heterocycles. The van der Waals surface area contributed by atoms with Gasteiger partial charge in [-0.05, 0) is 23.7 Å².